The quantitative estimate of drug-likeness (QED) is 0.667. The Balaban J connectivity index is 1.80. The molecule has 26 heavy (non-hydrogen) atoms. The maximum absolute atomic E-state index is 13.7. The van der Waals surface area contributed by atoms with E-state index < -0.39 is 17.8 Å². The molecular formula is C18H15FN4O3. The Bertz CT molecular complexity index is 967. The molecule has 2 aromatic carbocycles. The van der Waals surface area contributed by atoms with Crippen LogP contribution in [-0.4, -0.2) is 26.9 Å². The lowest BCUT2D eigenvalue weighted by atomic mass is 10.1. The van der Waals surface area contributed by atoms with Crippen molar-refractivity contribution in [2.75, 3.05) is 10.6 Å². The average molecular weight is 354 g/mol. The van der Waals surface area contributed by atoms with Gasteiger partial charge >= 0.3 is 6.09 Å². The summed E-state index contributed by atoms with van der Waals surface area (Å²) < 4.78 is 15.2. The van der Waals surface area contributed by atoms with E-state index in [0.29, 0.717) is 17.2 Å². The number of amides is 2. The number of nitrogens with zero attached hydrogens (tertiary/aromatic N) is 2. The molecule has 0 atom stereocenters. The van der Waals surface area contributed by atoms with E-state index in [1.54, 1.807) is 43.4 Å². The summed E-state index contributed by atoms with van der Waals surface area (Å²) in [4.78, 5) is 22.8. The van der Waals surface area contributed by atoms with Gasteiger partial charge in [-0.1, -0.05) is 24.3 Å². The Kier molecular flexibility index (Phi) is 4.66. The molecule has 1 heterocycles. The van der Waals surface area contributed by atoms with Crippen LogP contribution >= 0.6 is 0 Å². The normalized spacial score (nSPS) is 10.4. The van der Waals surface area contributed by atoms with E-state index >= 15 is 0 Å². The molecular weight excluding hydrogens is 339 g/mol. The number of halogens is 1. The highest BCUT2D eigenvalue weighted by Crippen LogP contribution is 2.23. The fourth-order valence-corrected chi connectivity index (χ4v) is 2.40. The van der Waals surface area contributed by atoms with Gasteiger partial charge in [-0.25, -0.2) is 9.18 Å². The number of aryl methyl sites for hydroxylation is 1. The fraction of sp³-hybridized carbons (Fsp3) is 0.0556. The second-order valence-electron chi connectivity index (χ2n) is 5.48. The molecule has 0 aliphatic heterocycles. The number of rotatable bonds is 4. The molecule has 0 saturated heterocycles. The number of benzene rings is 2. The highest BCUT2D eigenvalue weighted by Gasteiger charge is 2.14. The zero-order valence-corrected chi connectivity index (χ0v) is 13.7. The molecule has 0 bridgehead atoms. The average Bonchev–Trinajstić information content (AvgIpc) is 2.96. The minimum absolute atomic E-state index is 0.0562. The molecule has 132 valence electrons. The molecule has 0 radical (unpaired) electrons. The first-order valence-electron chi connectivity index (χ1n) is 7.64. The van der Waals surface area contributed by atoms with Crippen LogP contribution in [0.5, 0.6) is 0 Å². The molecule has 2 amide bonds. The summed E-state index contributed by atoms with van der Waals surface area (Å²) in [5, 5.41) is 17.9. The molecule has 1 aromatic heterocycles. The fourth-order valence-electron chi connectivity index (χ4n) is 2.40. The first-order chi connectivity index (χ1) is 12.4. The summed E-state index contributed by atoms with van der Waals surface area (Å²) in [7, 11) is 1.65. The Labute approximate surface area is 148 Å². The van der Waals surface area contributed by atoms with Gasteiger partial charge in [0.1, 0.15) is 11.6 Å². The number of aromatic nitrogens is 2. The third kappa shape index (κ3) is 3.69. The lowest BCUT2D eigenvalue weighted by molar-refractivity contribution is 0.102. The van der Waals surface area contributed by atoms with Crippen molar-refractivity contribution in [3.05, 3.63) is 66.0 Å². The minimum atomic E-state index is -1.14. The maximum atomic E-state index is 13.7. The topological polar surface area (TPSA) is 96.2 Å². The molecule has 0 unspecified atom stereocenters. The summed E-state index contributed by atoms with van der Waals surface area (Å²) in [6.45, 7) is 0. The monoisotopic (exact) mass is 354 g/mol. The Hall–Kier alpha value is -3.68. The molecule has 3 rings (SSSR count). The van der Waals surface area contributed by atoms with Crippen molar-refractivity contribution in [3.63, 3.8) is 0 Å². The van der Waals surface area contributed by atoms with Crippen molar-refractivity contribution in [1.82, 2.24) is 9.78 Å². The maximum Gasteiger partial charge on any atom is 0.409 e. The first-order valence-corrected chi connectivity index (χ1v) is 7.64. The number of carbonyl (C=O) groups excluding carboxylic acids is 1. The summed E-state index contributed by atoms with van der Waals surface area (Å²) >= 11 is 0. The molecule has 7 nitrogen and oxygen atoms in total. The molecule has 0 aliphatic carbocycles. The SMILES string of the molecule is Cn1nc(-c2ccc(NC(=O)O)cc2)cc1NC(=O)c1ccccc1F. The lowest BCUT2D eigenvalue weighted by Crippen LogP contribution is -2.15. The highest BCUT2D eigenvalue weighted by atomic mass is 19.1. The van der Waals surface area contributed by atoms with E-state index in [-0.39, 0.29) is 5.56 Å². The van der Waals surface area contributed by atoms with Crippen LogP contribution in [0.2, 0.25) is 0 Å². The van der Waals surface area contributed by atoms with Crippen LogP contribution in [0.3, 0.4) is 0 Å². The van der Waals surface area contributed by atoms with Crippen LogP contribution < -0.4 is 10.6 Å². The van der Waals surface area contributed by atoms with Crippen LogP contribution in [0.1, 0.15) is 10.4 Å². The van der Waals surface area contributed by atoms with Gasteiger partial charge in [0.05, 0.1) is 11.3 Å². The number of anilines is 2. The number of hydrogen-bond donors (Lipinski definition) is 3. The third-order valence-electron chi connectivity index (χ3n) is 3.67. The van der Waals surface area contributed by atoms with Crippen LogP contribution in [-0.2, 0) is 7.05 Å². The first kappa shape index (κ1) is 17.2. The Morgan fingerprint density at radius 3 is 2.42 bits per heavy atom. The molecule has 0 fully saturated rings. The van der Waals surface area contributed by atoms with Gasteiger partial charge in [-0.15, -0.1) is 0 Å². The van der Waals surface area contributed by atoms with Gasteiger partial charge < -0.3 is 10.4 Å². The van der Waals surface area contributed by atoms with Gasteiger partial charge in [-0.3, -0.25) is 14.8 Å². The van der Waals surface area contributed by atoms with E-state index in [1.165, 1.54) is 22.9 Å². The molecule has 0 spiro atoms. The number of carboxylic acid groups (broad SMARTS) is 1. The molecule has 3 N–H and O–H groups in total. The van der Waals surface area contributed by atoms with Crippen LogP contribution in [0.15, 0.2) is 54.6 Å². The second kappa shape index (κ2) is 7.06. The van der Waals surface area contributed by atoms with Gasteiger partial charge in [-0.05, 0) is 24.3 Å². The predicted octanol–water partition coefficient (Wildman–Crippen LogP) is 3.57. The van der Waals surface area contributed by atoms with Crippen molar-refractivity contribution >= 4 is 23.5 Å². The van der Waals surface area contributed by atoms with E-state index in [9.17, 15) is 14.0 Å². The number of hydrogen-bond acceptors (Lipinski definition) is 3. The smallest absolute Gasteiger partial charge is 0.409 e. The predicted molar refractivity (Wildman–Crippen MR) is 94.6 cm³/mol. The van der Waals surface area contributed by atoms with Gasteiger partial charge in [0.2, 0.25) is 0 Å². The molecule has 3 aromatic rings. The van der Waals surface area contributed by atoms with E-state index in [0.717, 1.165) is 5.56 Å². The zero-order chi connectivity index (χ0) is 18.7. The van der Waals surface area contributed by atoms with Crippen molar-refractivity contribution < 1.29 is 19.1 Å². The van der Waals surface area contributed by atoms with E-state index in [1.807, 2.05) is 0 Å². The zero-order valence-electron chi connectivity index (χ0n) is 13.7. The Morgan fingerprint density at radius 1 is 1.08 bits per heavy atom. The second-order valence-corrected chi connectivity index (χ2v) is 5.48. The molecule has 8 heteroatoms. The van der Waals surface area contributed by atoms with Gasteiger partial charge in [-0.2, -0.15) is 5.10 Å². The van der Waals surface area contributed by atoms with Gasteiger partial charge in [0.25, 0.3) is 5.91 Å². The summed E-state index contributed by atoms with van der Waals surface area (Å²) in [5.41, 5.74) is 1.70. The van der Waals surface area contributed by atoms with Crippen LogP contribution in [0, 0.1) is 5.82 Å². The van der Waals surface area contributed by atoms with Crippen molar-refractivity contribution in [3.8, 4) is 11.3 Å². The number of nitrogens with one attached hydrogen (secondary N) is 2. The number of carbonyl (C=O) groups is 2. The Morgan fingerprint density at radius 2 is 1.77 bits per heavy atom. The van der Waals surface area contributed by atoms with Crippen molar-refractivity contribution in [1.29, 1.82) is 0 Å². The van der Waals surface area contributed by atoms with E-state index in [4.69, 9.17) is 5.11 Å². The van der Waals surface area contributed by atoms with Gasteiger partial charge in [0, 0.05) is 24.4 Å². The van der Waals surface area contributed by atoms with E-state index in [2.05, 4.69) is 15.7 Å². The van der Waals surface area contributed by atoms with Crippen LogP contribution in [0.4, 0.5) is 20.7 Å². The summed E-state index contributed by atoms with van der Waals surface area (Å²) in [6, 6.07) is 14.0. The minimum Gasteiger partial charge on any atom is -0.465 e. The lowest BCUT2D eigenvalue weighted by Gasteiger charge is -2.05. The molecule has 0 saturated carbocycles. The van der Waals surface area contributed by atoms with Crippen molar-refractivity contribution in [2.24, 2.45) is 7.05 Å². The summed E-state index contributed by atoms with van der Waals surface area (Å²) in [5.74, 6) is -0.770. The molecule has 0 aliphatic rings. The van der Waals surface area contributed by atoms with Crippen molar-refractivity contribution in [2.45, 2.75) is 0 Å². The largest absolute Gasteiger partial charge is 0.465 e. The summed E-state index contributed by atoms with van der Waals surface area (Å²) in [6.07, 6.45) is -1.14. The standard InChI is InChI=1S/C18H15FN4O3/c1-23-16(21-17(24)13-4-2-3-5-14(13)19)10-15(22-23)11-6-8-12(9-7-11)20-18(25)26/h2-10,20H,1H3,(H,21,24)(H,25,26). The van der Waals surface area contributed by atoms with Gasteiger partial charge in [0.15, 0.2) is 0 Å². The highest BCUT2D eigenvalue weighted by molar-refractivity contribution is 6.04. The van der Waals surface area contributed by atoms with Crippen LogP contribution in [0.25, 0.3) is 11.3 Å². The third-order valence-corrected chi connectivity index (χ3v) is 3.67.